The molecule has 0 saturated heterocycles. The maximum Gasteiger partial charge on any atom is 0.274 e. The largest absolute Gasteiger partial charge is 0.506 e. The number of benzene rings is 1. The van der Waals surface area contributed by atoms with Crippen molar-refractivity contribution < 1.29 is 9.90 Å². The van der Waals surface area contributed by atoms with Crippen LogP contribution >= 0.6 is 39.1 Å². The minimum absolute atomic E-state index is 0.0820. The van der Waals surface area contributed by atoms with Gasteiger partial charge in [-0.05, 0) is 24.3 Å². The number of rotatable bonds is 3. The molecule has 2 N–H and O–H groups in total. The molecule has 0 atom stereocenters. The summed E-state index contributed by atoms with van der Waals surface area (Å²) in [6.07, 6.45) is 2.75. The summed E-state index contributed by atoms with van der Waals surface area (Å²) >= 11 is 14.9. The molecular formula is C13H8BrCl2N3O2. The third kappa shape index (κ3) is 3.93. The fraction of sp³-hybridized carbons (Fsp3) is 0. The maximum atomic E-state index is 11.8. The minimum Gasteiger partial charge on any atom is -0.506 e. The van der Waals surface area contributed by atoms with E-state index in [0.717, 1.165) is 0 Å². The highest BCUT2D eigenvalue weighted by Crippen LogP contribution is 2.30. The van der Waals surface area contributed by atoms with Gasteiger partial charge >= 0.3 is 0 Å². The summed E-state index contributed by atoms with van der Waals surface area (Å²) in [5.41, 5.74) is 2.85. The maximum absolute atomic E-state index is 11.8. The summed E-state index contributed by atoms with van der Waals surface area (Å²) in [5, 5.41) is 13.8. The second-order valence-corrected chi connectivity index (χ2v) is 5.55. The zero-order valence-corrected chi connectivity index (χ0v) is 13.4. The summed E-state index contributed by atoms with van der Waals surface area (Å²) < 4.78 is 0.674. The van der Waals surface area contributed by atoms with Crippen molar-refractivity contribution in [2.24, 2.45) is 5.10 Å². The summed E-state index contributed by atoms with van der Waals surface area (Å²) in [7, 11) is 0. The third-order valence-electron chi connectivity index (χ3n) is 2.43. The van der Waals surface area contributed by atoms with Crippen molar-refractivity contribution in [1.82, 2.24) is 10.4 Å². The molecule has 0 aliphatic heterocycles. The van der Waals surface area contributed by atoms with Crippen molar-refractivity contribution >= 4 is 51.3 Å². The topological polar surface area (TPSA) is 74.6 Å². The summed E-state index contributed by atoms with van der Waals surface area (Å²) in [6, 6.07) is 6.26. The first-order chi connectivity index (χ1) is 9.99. The number of hydrogen-bond acceptors (Lipinski definition) is 4. The Labute approximate surface area is 138 Å². The molecule has 0 unspecified atom stereocenters. The summed E-state index contributed by atoms with van der Waals surface area (Å²) in [6.45, 7) is 0. The molecule has 1 aromatic carbocycles. The Balaban J connectivity index is 2.13. The SMILES string of the molecule is O=C(N/N=C/c1cc(Br)cc(Cl)c1O)c1cccnc1Cl. The first-order valence-electron chi connectivity index (χ1n) is 5.61. The summed E-state index contributed by atoms with van der Waals surface area (Å²) in [4.78, 5) is 15.6. The van der Waals surface area contributed by atoms with E-state index in [2.05, 4.69) is 31.4 Å². The van der Waals surface area contributed by atoms with Gasteiger partial charge in [-0.3, -0.25) is 4.79 Å². The van der Waals surface area contributed by atoms with Gasteiger partial charge < -0.3 is 5.11 Å². The number of phenols is 1. The predicted octanol–water partition coefficient (Wildman–Crippen LogP) is 3.62. The molecule has 1 heterocycles. The number of phenolic OH excluding ortho intramolecular Hbond substituents is 1. The van der Waals surface area contributed by atoms with E-state index < -0.39 is 5.91 Å². The number of carbonyl (C=O) groups excluding carboxylic acids is 1. The van der Waals surface area contributed by atoms with E-state index in [1.165, 1.54) is 18.5 Å². The molecule has 0 aliphatic carbocycles. The molecule has 1 aromatic heterocycles. The van der Waals surface area contributed by atoms with Crippen molar-refractivity contribution in [3.8, 4) is 5.75 Å². The van der Waals surface area contributed by atoms with Crippen LogP contribution in [0.1, 0.15) is 15.9 Å². The smallest absolute Gasteiger partial charge is 0.274 e. The monoisotopic (exact) mass is 387 g/mol. The highest BCUT2D eigenvalue weighted by Gasteiger charge is 2.10. The normalized spacial score (nSPS) is 10.8. The number of nitrogens with zero attached hydrogens (tertiary/aromatic N) is 2. The van der Waals surface area contributed by atoms with Crippen LogP contribution in [0.5, 0.6) is 5.75 Å². The Morgan fingerprint density at radius 1 is 1.43 bits per heavy atom. The second kappa shape index (κ2) is 6.89. The van der Waals surface area contributed by atoms with Gasteiger partial charge in [0, 0.05) is 16.2 Å². The lowest BCUT2D eigenvalue weighted by molar-refractivity contribution is 0.0955. The molecule has 0 aliphatic rings. The molecule has 8 heteroatoms. The lowest BCUT2D eigenvalue weighted by Crippen LogP contribution is -2.18. The van der Waals surface area contributed by atoms with Gasteiger partial charge in [0.2, 0.25) is 0 Å². The van der Waals surface area contributed by atoms with Gasteiger partial charge in [-0.2, -0.15) is 5.10 Å². The second-order valence-electron chi connectivity index (χ2n) is 3.87. The van der Waals surface area contributed by atoms with Crippen LogP contribution in [0.25, 0.3) is 0 Å². The molecule has 5 nitrogen and oxygen atoms in total. The first-order valence-corrected chi connectivity index (χ1v) is 7.16. The van der Waals surface area contributed by atoms with Gasteiger partial charge in [0.1, 0.15) is 10.9 Å². The van der Waals surface area contributed by atoms with Crippen molar-refractivity contribution in [2.45, 2.75) is 0 Å². The average molecular weight is 389 g/mol. The van der Waals surface area contributed by atoms with Crippen LogP contribution in [0.3, 0.4) is 0 Å². The lowest BCUT2D eigenvalue weighted by Gasteiger charge is -2.03. The number of hydrogen-bond donors (Lipinski definition) is 2. The molecule has 0 spiro atoms. The number of nitrogens with one attached hydrogen (secondary N) is 1. The molecule has 21 heavy (non-hydrogen) atoms. The van der Waals surface area contributed by atoms with Gasteiger partial charge in [-0.25, -0.2) is 10.4 Å². The minimum atomic E-state index is -0.509. The van der Waals surface area contributed by atoms with E-state index in [1.807, 2.05) is 0 Å². The van der Waals surface area contributed by atoms with Gasteiger partial charge in [0.15, 0.2) is 0 Å². The molecular weight excluding hydrogens is 381 g/mol. The highest BCUT2D eigenvalue weighted by molar-refractivity contribution is 9.10. The van der Waals surface area contributed by atoms with Gasteiger partial charge in [0.25, 0.3) is 5.91 Å². The molecule has 0 fully saturated rings. The van der Waals surface area contributed by atoms with Crippen LogP contribution < -0.4 is 5.43 Å². The number of carbonyl (C=O) groups is 1. The highest BCUT2D eigenvalue weighted by atomic mass is 79.9. The Morgan fingerprint density at radius 2 is 2.19 bits per heavy atom. The molecule has 2 rings (SSSR count). The van der Waals surface area contributed by atoms with E-state index in [1.54, 1.807) is 18.2 Å². The Bertz CT molecular complexity index is 723. The fourth-order valence-electron chi connectivity index (χ4n) is 1.46. The number of amides is 1. The Hall–Kier alpha value is -1.63. The zero-order chi connectivity index (χ0) is 15.4. The van der Waals surface area contributed by atoms with Crippen LogP contribution in [0, 0.1) is 0 Å². The molecule has 2 aromatic rings. The van der Waals surface area contributed by atoms with Crippen molar-refractivity contribution in [2.75, 3.05) is 0 Å². The lowest BCUT2D eigenvalue weighted by atomic mass is 10.2. The van der Waals surface area contributed by atoms with E-state index in [4.69, 9.17) is 23.2 Å². The molecule has 108 valence electrons. The quantitative estimate of drug-likeness (QED) is 0.479. The van der Waals surface area contributed by atoms with E-state index in [0.29, 0.717) is 10.0 Å². The predicted molar refractivity (Wildman–Crippen MR) is 85.1 cm³/mol. The molecule has 0 radical (unpaired) electrons. The van der Waals surface area contributed by atoms with Crippen LogP contribution in [-0.4, -0.2) is 22.2 Å². The average Bonchev–Trinajstić information content (AvgIpc) is 2.44. The standard InChI is InChI=1S/C13H8BrCl2N3O2/c14-8-4-7(11(20)10(15)5-8)6-18-19-13(21)9-2-1-3-17-12(9)16/h1-6,20H,(H,19,21)/b18-6+. The molecule has 1 amide bonds. The van der Waals surface area contributed by atoms with Crippen LogP contribution in [0.15, 0.2) is 40.0 Å². The number of aromatic nitrogens is 1. The van der Waals surface area contributed by atoms with Crippen LogP contribution in [0.4, 0.5) is 0 Å². The van der Waals surface area contributed by atoms with Gasteiger partial charge in [-0.1, -0.05) is 39.1 Å². The van der Waals surface area contributed by atoms with E-state index >= 15 is 0 Å². The zero-order valence-electron chi connectivity index (χ0n) is 10.3. The first kappa shape index (κ1) is 15.8. The number of halogens is 3. The third-order valence-corrected chi connectivity index (χ3v) is 3.48. The van der Waals surface area contributed by atoms with Crippen molar-refractivity contribution in [3.63, 3.8) is 0 Å². The van der Waals surface area contributed by atoms with Crippen molar-refractivity contribution in [3.05, 3.63) is 56.2 Å². The Kier molecular flexibility index (Phi) is 5.17. The number of aromatic hydroxyl groups is 1. The van der Waals surface area contributed by atoms with Crippen molar-refractivity contribution in [1.29, 1.82) is 0 Å². The van der Waals surface area contributed by atoms with Gasteiger partial charge in [0.05, 0.1) is 16.8 Å². The Morgan fingerprint density at radius 3 is 2.90 bits per heavy atom. The molecule has 0 bridgehead atoms. The van der Waals surface area contributed by atoms with E-state index in [9.17, 15) is 9.90 Å². The molecule has 0 saturated carbocycles. The number of hydrazone groups is 1. The number of pyridine rings is 1. The summed E-state index contributed by atoms with van der Waals surface area (Å²) in [5.74, 6) is -0.637. The van der Waals surface area contributed by atoms with Crippen LogP contribution in [0.2, 0.25) is 10.2 Å². The van der Waals surface area contributed by atoms with Crippen LogP contribution in [-0.2, 0) is 0 Å². The fourth-order valence-corrected chi connectivity index (χ4v) is 2.50. The van der Waals surface area contributed by atoms with Gasteiger partial charge in [-0.15, -0.1) is 0 Å². The van der Waals surface area contributed by atoms with E-state index in [-0.39, 0.29) is 21.5 Å².